The fraction of sp³-hybridized carbons (Fsp3) is 0.412. The number of sulfonamides is 1. The lowest BCUT2D eigenvalue weighted by Gasteiger charge is -2.43. The number of halogens is 4. The molecule has 0 aromatic carbocycles. The zero-order valence-corrected chi connectivity index (χ0v) is 17.6. The van der Waals surface area contributed by atoms with Gasteiger partial charge in [-0.1, -0.05) is 23.2 Å². The second-order valence-corrected chi connectivity index (χ2v) is 9.53. The summed E-state index contributed by atoms with van der Waals surface area (Å²) in [6.07, 6.45) is 2.72. The number of hydrogen-bond acceptors (Lipinski definition) is 4. The van der Waals surface area contributed by atoms with E-state index in [0.717, 1.165) is 0 Å². The van der Waals surface area contributed by atoms with Crippen LogP contribution < -0.4 is 10.0 Å². The molecule has 158 valence electrons. The van der Waals surface area contributed by atoms with Crippen LogP contribution >= 0.6 is 23.2 Å². The van der Waals surface area contributed by atoms with E-state index in [9.17, 15) is 22.0 Å². The Balaban J connectivity index is 1.79. The van der Waals surface area contributed by atoms with Crippen molar-refractivity contribution >= 4 is 44.8 Å². The normalized spacial score (nSPS) is 16.4. The van der Waals surface area contributed by atoms with Crippen LogP contribution in [0.25, 0.3) is 0 Å². The number of nitrogens with one attached hydrogen (secondary N) is 2. The quantitative estimate of drug-likeness (QED) is 0.611. The Morgan fingerprint density at radius 3 is 2.59 bits per heavy atom. The molecule has 1 fully saturated rings. The molecule has 0 aliphatic heterocycles. The topological polar surface area (TPSA) is 93.1 Å². The van der Waals surface area contributed by atoms with E-state index in [-0.39, 0.29) is 33.6 Å². The van der Waals surface area contributed by atoms with Crippen LogP contribution in [0.1, 0.15) is 23.3 Å². The third-order valence-corrected chi connectivity index (χ3v) is 7.06. The summed E-state index contributed by atoms with van der Waals surface area (Å²) in [5.41, 5.74) is -0.835. The van der Waals surface area contributed by atoms with Crippen LogP contribution in [0.15, 0.2) is 29.4 Å². The highest BCUT2D eigenvalue weighted by atomic mass is 35.5. The molecule has 1 amide bonds. The van der Waals surface area contributed by atoms with Gasteiger partial charge in [-0.05, 0) is 25.0 Å². The van der Waals surface area contributed by atoms with Crippen molar-refractivity contribution in [1.82, 2.24) is 14.3 Å². The van der Waals surface area contributed by atoms with E-state index in [1.54, 1.807) is 0 Å². The Morgan fingerprint density at radius 1 is 1.34 bits per heavy atom. The van der Waals surface area contributed by atoms with Crippen LogP contribution in [-0.4, -0.2) is 43.3 Å². The predicted molar refractivity (Wildman–Crippen MR) is 105 cm³/mol. The molecule has 0 atom stereocenters. The smallest absolute Gasteiger partial charge is 0.273 e. The molecule has 0 spiro atoms. The molecule has 0 radical (unpaired) electrons. The monoisotopic (exact) mass is 466 g/mol. The lowest BCUT2D eigenvalue weighted by Crippen LogP contribution is -2.52. The molecule has 29 heavy (non-hydrogen) atoms. The maximum Gasteiger partial charge on any atom is 0.273 e. The van der Waals surface area contributed by atoms with Crippen molar-refractivity contribution in [3.05, 3.63) is 40.4 Å². The van der Waals surface area contributed by atoms with Gasteiger partial charge in [0.05, 0.1) is 18.4 Å². The summed E-state index contributed by atoms with van der Waals surface area (Å²) in [7, 11) is -2.62. The highest BCUT2D eigenvalue weighted by Crippen LogP contribution is 2.42. The van der Waals surface area contributed by atoms with Gasteiger partial charge in [0.15, 0.2) is 0 Å². The SMILES string of the molecule is Cn1cc(S(=O)(=O)NC2CC(CF)(CF)C2)c(Cl)c1C(=O)Nc1ccnc(Cl)c1. The number of aryl methyl sites for hydroxylation is 1. The maximum absolute atomic E-state index is 12.9. The summed E-state index contributed by atoms with van der Waals surface area (Å²) in [5, 5.41) is 2.48. The van der Waals surface area contributed by atoms with Gasteiger partial charge in [0.2, 0.25) is 10.0 Å². The number of carbonyl (C=O) groups excluding carboxylic acids is 1. The summed E-state index contributed by atoms with van der Waals surface area (Å²) in [5.74, 6) is -0.640. The van der Waals surface area contributed by atoms with Crippen LogP contribution in [0.4, 0.5) is 14.5 Å². The summed E-state index contributed by atoms with van der Waals surface area (Å²) in [4.78, 5) is 16.1. The lowest BCUT2D eigenvalue weighted by molar-refractivity contribution is 0.0334. The Labute approximate surface area is 176 Å². The highest BCUT2D eigenvalue weighted by Gasteiger charge is 2.46. The van der Waals surface area contributed by atoms with E-state index in [1.165, 1.54) is 36.1 Å². The number of carbonyl (C=O) groups is 1. The molecule has 0 bridgehead atoms. The van der Waals surface area contributed by atoms with E-state index >= 15 is 0 Å². The minimum Gasteiger partial charge on any atom is -0.344 e. The van der Waals surface area contributed by atoms with E-state index < -0.39 is 40.7 Å². The van der Waals surface area contributed by atoms with Crippen molar-refractivity contribution in [3.8, 4) is 0 Å². The second-order valence-electron chi connectivity index (χ2n) is 7.08. The zero-order valence-electron chi connectivity index (χ0n) is 15.3. The highest BCUT2D eigenvalue weighted by molar-refractivity contribution is 7.89. The van der Waals surface area contributed by atoms with E-state index in [2.05, 4.69) is 15.0 Å². The summed E-state index contributed by atoms with van der Waals surface area (Å²) in [6.45, 7) is -1.70. The maximum atomic E-state index is 12.9. The third-order valence-electron chi connectivity index (χ3n) is 4.82. The van der Waals surface area contributed by atoms with Crippen molar-refractivity contribution in [2.45, 2.75) is 23.8 Å². The first-order valence-electron chi connectivity index (χ1n) is 8.53. The number of nitrogens with zero attached hydrogens (tertiary/aromatic N) is 2. The van der Waals surface area contributed by atoms with Crippen molar-refractivity contribution in [1.29, 1.82) is 0 Å². The Hall–Kier alpha value is -1.75. The summed E-state index contributed by atoms with van der Waals surface area (Å²) >= 11 is 12.0. The number of amides is 1. The Kier molecular flexibility index (Phi) is 6.19. The van der Waals surface area contributed by atoms with E-state index in [0.29, 0.717) is 5.69 Å². The number of pyridine rings is 1. The zero-order chi connectivity index (χ0) is 21.4. The van der Waals surface area contributed by atoms with Crippen LogP contribution in [-0.2, 0) is 17.1 Å². The van der Waals surface area contributed by atoms with Crippen molar-refractivity contribution < 1.29 is 22.0 Å². The summed E-state index contributed by atoms with van der Waals surface area (Å²) < 4.78 is 54.9. The molecule has 7 nitrogen and oxygen atoms in total. The fourth-order valence-electron chi connectivity index (χ4n) is 3.29. The van der Waals surface area contributed by atoms with Crippen molar-refractivity contribution in [2.75, 3.05) is 18.7 Å². The molecule has 0 unspecified atom stereocenters. The molecule has 1 saturated carbocycles. The number of aromatic nitrogens is 2. The predicted octanol–water partition coefficient (Wildman–Crippen LogP) is 3.35. The molecule has 2 aromatic rings. The van der Waals surface area contributed by atoms with Crippen molar-refractivity contribution in [2.24, 2.45) is 12.5 Å². The number of anilines is 1. The van der Waals surface area contributed by atoms with Gasteiger partial charge in [0.25, 0.3) is 5.91 Å². The van der Waals surface area contributed by atoms with Gasteiger partial charge in [0, 0.05) is 36.6 Å². The number of alkyl halides is 2. The molecule has 1 aliphatic carbocycles. The Morgan fingerprint density at radius 2 is 2.00 bits per heavy atom. The van der Waals surface area contributed by atoms with Gasteiger partial charge >= 0.3 is 0 Å². The third kappa shape index (κ3) is 4.40. The van der Waals surface area contributed by atoms with Gasteiger partial charge in [-0.2, -0.15) is 0 Å². The first-order chi connectivity index (χ1) is 13.6. The molecule has 3 rings (SSSR count). The largest absolute Gasteiger partial charge is 0.344 e. The average molecular weight is 467 g/mol. The molecule has 2 N–H and O–H groups in total. The standard InChI is InChI=1S/C17H18Cl2F2N4O3S/c1-25-7-12(29(27,28)24-11-5-17(6-11,8-20)9-21)14(19)15(25)16(26)23-10-2-3-22-13(18)4-10/h2-4,7,11,24H,5-6,8-9H2,1H3,(H,22,23,26). The summed E-state index contributed by atoms with van der Waals surface area (Å²) in [6, 6.07) is 2.34. The molecule has 0 saturated heterocycles. The second kappa shape index (κ2) is 8.17. The van der Waals surface area contributed by atoms with Crippen LogP contribution in [0.3, 0.4) is 0 Å². The van der Waals surface area contributed by atoms with Gasteiger partial charge in [0.1, 0.15) is 15.7 Å². The molecule has 2 aromatic heterocycles. The van der Waals surface area contributed by atoms with Crippen molar-refractivity contribution in [3.63, 3.8) is 0 Å². The van der Waals surface area contributed by atoms with Crippen LogP contribution in [0, 0.1) is 5.41 Å². The van der Waals surface area contributed by atoms with E-state index in [4.69, 9.17) is 23.2 Å². The number of hydrogen-bond donors (Lipinski definition) is 2. The average Bonchev–Trinajstić information content (AvgIpc) is 2.93. The first kappa shape index (κ1) is 21.9. The van der Waals surface area contributed by atoms with E-state index in [1.807, 2.05) is 0 Å². The molecule has 12 heteroatoms. The van der Waals surface area contributed by atoms with Crippen LogP contribution in [0.2, 0.25) is 10.2 Å². The van der Waals surface area contributed by atoms with Gasteiger partial charge < -0.3 is 9.88 Å². The van der Waals surface area contributed by atoms with Gasteiger partial charge in [-0.15, -0.1) is 0 Å². The Bertz CT molecular complexity index is 1030. The molecular formula is C17H18Cl2F2N4O3S. The molecule has 1 aliphatic rings. The molecular weight excluding hydrogens is 449 g/mol. The number of rotatable bonds is 7. The van der Waals surface area contributed by atoms with Crippen LogP contribution in [0.5, 0.6) is 0 Å². The molecule has 2 heterocycles. The fourth-order valence-corrected chi connectivity index (χ4v) is 5.40. The van der Waals surface area contributed by atoms with Gasteiger partial charge in [-0.25, -0.2) is 18.1 Å². The minimum atomic E-state index is -4.09. The minimum absolute atomic E-state index is 0.0554. The first-order valence-corrected chi connectivity index (χ1v) is 10.8. The van der Waals surface area contributed by atoms with Gasteiger partial charge in [-0.3, -0.25) is 13.6 Å². The lowest BCUT2D eigenvalue weighted by atomic mass is 9.67.